The van der Waals surface area contributed by atoms with E-state index in [1.54, 1.807) is 0 Å². The lowest BCUT2D eigenvalue weighted by molar-refractivity contribution is 0.161. The highest BCUT2D eigenvalue weighted by atomic mass is 16.5. The van der Waals surface area contributed by atoms with Crippen molar-refractivity contribution in [3.63, 3.8) is 0 Å². The molecule has 0 saturated carbocycles. The van der Waals surface area contributed by atoms with Gasteiger partial charge in [0.15, 0.2) is 0 Å². The molecule has 2 aromatic rings. The fourth-order valence-electron chi connectivity index (χ4n) is 3.35. The summed E-state index contributed by atoms with van der Waals surface area (Å²) in [5.74, 6) is 0. The zero-order valence-electron chi connectivity index (χ0n) is 14.6. The molecule has 0 bridgehead atoms. The van der Waals surface area contributed by atoms with Gasteiger partial charge in [-0.05, 0) is 74.1 Å². The summed E-state index contributed by atoms with van der Waals surface area (Å²) in [5, 5.41) is 12.4. The van der Waals surface area contributed by atoms with Crippen LogP contribution in [0.4, 0.5) is 17.1 Å². The predicted molar refractivity (Wildman–Crippen MR) is 100 cm³/mol. The minimum Gasteiger partial charge on any atom is -0.372 e. The first-order valence-corrected chi connectivity index (χ1v) is 8.76. The van der Waals surface area contributed by atoms with Crippen molar-refractivity contribution in [2.75, 3.05) is 23.3 Å². The summed E-state index contributed by atoms with van der Waals surface area (Å²) in [7, 11) is 0. The van der Waals surface area contributed by atoms with Crippen molar-refractivity contribution >= 4 is 17.1 Å². The molecule has 1 aliphatic rings. The van der Waals surface area contributed by atoms with Crippen molar-refractivity contribution in [2.24, 2.45) is 0 Å². The maximum Gasteiger partial charge on any atom is 0.0458 e. The third-order valence-electron chi connectivity index (χ3n) is 4.77. The minimum atomic E-state index is 0.463. The molecule has 0 aliphatic carbocycles. The topological polar surface area (TPSA) is 47.5 Å². The van der Waals surface area contributed by atoms with Crippen LogP contribution in [-0.2, 0) is 6.54 Å². The minimum absolute atomic E-state index is 0.463. The van der Waals surface area contributed by atoms with Crippen molar-refractivity contribution in [3.8, 4) is 0 Å². The molecule has 24 heavy (non-hydrogen) atoms. The van der Waals surface area contributed by atoms with Gasteiger partial charge in [0.2, 0.25) is 0 Å². The highest BCUT2D eigenvalue weighted by molar-refractivity contribution is 5.69. The van der Waals surface area contributed by atoms with Crippen LogP contribution in [-0.4, -0.2) is 18.3 Å². The molecule has 4 heteroatoms. The number of anilines is 3. The summed E-state index contributed by atoms with van der Waals surface area (Å²) >= 11 is 0. The summed E-state index contributed by atoms with van der Waals surface area (Å²) < 4.78 is 0. The molecule has 2 aromatic carbocycles. The van der Waals surface area contributed by atoms with Crippen molar-refractivity contribution < 1.29 is 5.21 Å². The van der Waals surface area contributed by atoms with Gasteiger partial charge in [0.05, 0.1) is 0 Å². The van der Waals surface area contributed by atoms with Crippen LogP contribution in [0, 0.1) is 13.8 Å². The van der Waals surface area contributed by atoms with E-state index in [1.165, 1.54) is 49.2 Å². The number of nitrogens with zero attached hydrogens (tertiary/aromatic N) is 1. The number of hydrogen-bond donors (Lipinski definition) is 3. The number of piperidine rings is 1. The lowest BCUT2D eigenvalue weighted by Gasteiger charge is -2.29. The summed E-state index contributed by atoms with van der Waals surface area (Å²) in [6.07, 6.45) is 3.96. The molecule has 0 amide bonds. The highest BCUT2D eigenvalue weighted by Gasteiger charge is 2.12. The SMILES string of the molecule is Cc1cc(CNO)ccc1Nc1ccc(N2CCCCC2)cc1C. The second kappa shape index (κ2) is 7.69. The van der Waals surface area contributed by atoms with E-state index in [2.05, 4.69) is 59.9 Å². The van der Waals surface area contributed by atoms with Crippen LogP contribution < -0.4 is 15.7 Å². The normalized spacial score (nSPS) is 14.7. The van der Waals surface area contributed by atoms with Gasteiger partial charge in [-0.1, -0.05) is 12.1 Å². The fraction of sp³-hybridized carbons (Fsp3) is 0.400. The third kappa shape index (κ3) is 3.89. The maximum atomic E-state index is 8.82. The number of benzene rings is 2. The summed E-state index contributed by atoms with van der Waals surface area (Å²) in [4.78, 5) is 2.49. The van der Waals surface area contributed by atoms with E-state index >= 15 is 0 Å². The smallest absolute Gasteiger partial charge is 0.0458 e. The van der Waals surface area contributed by atoms with E-state index in [9.17, 15) is 0 Å². The first kappa shape index (κ1) is 16.8. The molecule has 0 unspecified atom stereocenters. The largest absolute Gasteiger partial charge is 0.372 e. The lowest BCUT2D eigenvalue weighted by atomic mass is 10.1. The van der Waals surface area contributed by atoms with Gasteiger partial charge in [-0.3, -0.25) is 0 Å². The monoisotopic (exact) mass is 325 g/mol. The Morgan fingerprint density at radius 3 is 2.21 bits per heavy atom. The molecule has 0 radical (unpaired) electrons. The zero-order valence-corrected chi connectivity index (χ0v) is 14.6. The summed E-state index contributed by atoms with van der Waals surface area (Å²) in [6.45, 7) is 7.05. The first-order chi connectivity index (χ1) is 11.7. The van der Waals surface area contributed by atoms with Gasteiger partial charge in [-0.2, -0.15) is 0 Å². The predicted octanol–water partition coefficient (Wildman–Crippen LogP) is 4.52. The Morgan fingerprint density at radius 1 is 0.917 bits per heavy atom. The van der Waals surface area contributed by atoms with Gasteiger partial charge in [0.25, 0.3) is 0 Å². The lowest BCUT2D eigenvalue weighted by Crippen LogP contribution is -2.29. The summed E-state index contributed by atoms with van der Waals surface area (Å²) in [6, 6.07) is 12.9. The van der Waals surface area contributed by atoms with E-state index in [0.29, 0.717) is 6.54 Å². The molecule has 4 nitrogen and oxygen atoms in total. The molecule has 1 saturated heterocycles. The number of aryl methyl sites for hydroxylation is 2. The fourth-order valence-corrected chi connectivity index (χ4v) is 3.35. The van der Waals surface area contributed by atoms with Gasteiger partial charge in [0, 0.05) is 36.7 Å². The third-order valence-corrected chi connectivity index (χ3v) is 4.77. The van der Waals surface area contributed by atoms with Crippen LogP contribution in [0.5, 0.6) is 0 Å². The molecular weight excluding hydrogens is 298 g/mol. The molecule has 1 aliphatic heterocycles. The Morgan fingerprint density at radius 2 is 1.58 bits per heavy atom. The molecule has 1 heterocycles. The Balaban J connectivity index is 1.75. The average molecular weight is 325 g/mol. The van der Waals surface area contributed by atoms with E-state index < -0.39 is 0 Å². The van der Waals surface area contributed by atoms with Crippen molar-refractivity contribution in [1.29, 1.82) is 0 Å². The quantitative estimate of drug-likeness (QED) is 0.708. The van der Waals surface area contributed by atoms with E-state index in [-0.39, 0.29) is 0 Å². The Labute approximate surface area is 144 Å². The van der Waals surface area contributed by atoms with Crippen LogP contribution in [0.25, 0.3) is 0 Å². The Kier molecular flexibility index (Phi) is 5.38. The van der Waals surface area contributed by atoms with E-state index in [1.807, 2.05) is 6.07 Å². The van der Waals surface area contributed by atoms with Gasteiger partial charge < -0.3 is 15.4 Å². The standard InChI is InChI=1S/C20H27N3O/c1-15-12-17(14-21-24)6-8-19(15)22-20-9-7-18(13-16(20)2)23-10-4-3-5-11-23/h6-9,12-13,21-22,24H,3-5,10-11,14H2,1-2H3. The van der Waals surface area contributed by atoms with Gasteiger partial charge in [-0.15, -0.1) is 0 Å². The van der Waals surface area contributed by atoms with Crippen molar-refractivity contribution in [3.05, 3.63) is 53.1 Å². The van der Waals surface area contributed by atoms with Crippen molar-refractivity contribution in [2.45, 2.75) is 39.7 Å². The highest BCUT2D eigenvalue weighted by Crippen LogP contribution is 2.28. The van der Waals surface area contributed by atoms with Crippen molar-refractivity contribution in [1.82, 2.24) is 5.48 Å². The second-order valence-corrected chi connectivity index (χ2v) is 6.66. The summed E-state index contributed by atoms with van der Waals surface area (Å²) in [5.41, 5.74) is 9.28. The molecular formula is C20H27N3O. The van der Waals surface area contributed by atoms with Gasteiger partial charge >= 0.3 is 0 Å². The zero-order chi connectivity index (χ0) is 16.9. The average Bonchev–Trinajstić information content (AvgIpc) is 2.60. The Bertz CT molecular complexity index is 693. The maximum absolute atomic E-state index is 8.82. The molecule has 0 spiro atoms. The second-order valence-electron chi connectivity index (χ2n) is 6.66. The molecule has 3 rings (SSSR count). The Hall–Kier alpha value is -2.04. The number of nitrogens with one attached hydrogen (secondary N) is 2. The number of rotatable bonds is 5. The number of hydroxylamine groups is 1. The number of hydrogen-bond acceptors (Lipinski definition) is 4. The van der Waals surface area contributed by atoms with Crippen LogP contribution in [0.15, 0.2) is 36.4 Å². The molecule has 0 atom stereocenters. The van der Waals surface area contributed by atoms with Gasteiger partial charge in [0.1, 0.15) is 0 Å². The van der Waals surface area contributed by atoms with E-state index in [0.717, 1.165) is 16.9 Å². The van der Waals surface area contributed by atoms with Gasteiger partial charge in [-0.25, -0.2) is 5.48 Å². The first-order valence-electron chi connectivity index (χ1n) is 8.76. The molecule has 3 N–H and O–H groups in total. The van der Waals surface area contributed by atoms with E-state index in [4.69, 9.17) is 5.21 Å². The van der Waals surface area contributed by atoms with Crippen LogP contribution in [0.2, 0.25) is 0 Å². The molecule has 0 aromatic heterocycles. The van der Waals surface area contributed by atoms with Crippen LogP contribution in [0.1, 0.15) is 36.0 Å². The van der Waals surface area contributed by atoms with Crippen LogP contribution in [0.3, 0.4) is 0 Å². The molecule has 1 fully saturated rings. The van der Waals surface area contributed by atoms with Crippen LogP contribution >= 0.6 is 0 Å². The molecule has 128 valence electrons.